The van der Waals surface area contributed by atoms with Crippen LogP contribution < -0.4 is 0 Å². The first kappa shape index (κ1) is 7.80. The summed E-state index contributed by atoms with van der Waals surface area (Å²) in [6.07, 6.45) is 2.43. The molecule has 2 saturated carbocycles. The molecule has 0 amide bonds. The van der Waals surface area contributed by atoms with Crippen LogP contribution in [0.3, 0.4) is 0 Å². The van der Waals surface area contributed by atoms with Crippen molar-refractivity contribution in [2.45, 2.75) is 18.9 Å². The van der Waals surface area contributed by atoms with E-state index in [2.05, 4.69) is 0 Å². The van der Waals surface area contributed by atoms with Crippen LogP contribution in [0, 0.1) is 23.7 Å². The van der Waals surface area contributed by atoms with Gasteiger partial charge in [-0.1, -0.05) is 0 Å². The molecule has 3 nitrogen and oxygen atoms in total. The lowest BCUT2D eigenvalue weighted by atomic mass is 9.83. The van der Waals surface area contributed by atoms with Gasteiger partial charge in [0.1, 0.15) is 6.10 Å². The summed E-state index contributed by atoms with van der Waals surface area (Å²) in [5, 5.41) is 0. The Bertz CT molecular complexity index is 251. The third-order valence-corrected chi connectivity index (χ3v) is 4.01. The van der Waals surface area contributed by atoms with Gasteiger partial charge in [-0.05, 0) is 18.8 Å². The van der Waals surface area contributed by atoms with Gasteiger partial charge >= 0.3 is 5.97 Å². The van der Waals surface area contributed by atoms with E-state index in [1.165, 1.54) is 6.42 Å². The maximum atomic E-state index is 11.4. The van der Waals surface area contributed by atoms with Gasteiger partial charge in [-0.15, -0.1) is 0 Å². The lowest BCUT2D eigenvalue weighted by Gasteiger charge is -2.24. The second-order valence-corrected chi connectivity index (χ2v) is 4.52. The van der Waals surface area contributed by atoms with Crippen LogP contribution in [0.15, 0.2) is 0 Å². The molecule has 3 fully saturated rings. The number of rotatable bonds is 2. The van der Waals surface area contributed by atoms with Gasteiger partial charge in [0.2, 0.25) is 0 Å². The molecule has 2 aliphatic carbocycles. The van der Waals surface area contributed by atoms with Crippen molar-refractivity contribution in [1.82, 2.24) is 0 Å². The quantitative estimate of drug-likeness (QED) is 0.593. The van der Waals surface area contributed by atoms with Crippen molar-refractivity contribution in [2.75, 3.05) is 13.7 Å². The Morgan fingerprint density at radius 2 is 2.38 bits per heavy atom. The minimum absolute atomic E-state index is 0.0519. The van der Waals surface area contributed by atoms with Crippen LogP contribution in [-0.4, -0.2) is 25.8 Å². The number of hydrogen-bond donors (Lipinski definition) is 0. The highest BCUT2D eigenvalue weighted by molar-refractivity contribution is 5.76. The molecular weight excluding hydrogens is 168 g/mol. The molecule has 0 aromatic heterocycles. The van der Waals surface area contributed by atoms with E-state index in [0.717, 1.165) is 13.0 Å². The van der Waals surface area contributed by atoms with E-state index >= 15 is 0 Å². The Labute approximate surface area is 77.4 Å². The van der Waals surface area contributed by atoms with Crippen molar-refractivity contribution < 1.29 is 14.3 Å². The van der Waals surface area contributed by atoms with E-state index in [-0.39, 0.29) is 18.0 Å². The summed E-state index contributed by atoms with van der Waals surface area (Å²) in [7, 11) is 1.72. The molecule has 1 aliphatic heterocycles. The van der Waals surface area contributed by atoms with Crippen molar-refractivity contribution in [2.24, 2.45) is 23.7 Å². The van der Waals surface area contributed by atoms with Crippen LogP contribution in [0.4, 0.5) is 0 Å². The summed E-state index contributed by atoms with van der Waals surface area (Å²) in [4.78, 5) is 11.4. The summed E-state index contributed by atoms with van der Waals surface area (Å²) in [5.41, 5.74) is 0. The van der Waals surface area contributed by atoms with Gasteiger partial charge in [0, 0.05) is 18.9 Å². The van der Waals surface area contributed by atoms with E-state index in [4.69, 9.17) is 9.47 Å². The van der Waals surface area contributed by atoms with Crippen molar-refractivity contribution in [1.29, 1.82) is 0 Å². The number of carbonyl (C=O) groups excluding carboxylic acids is 1. The molecule has 3 aliphatic rings. The number of fused-ring (bicyclic) bond motifs is 1. The minimum Gasteiger partial charge on any atom is -0.461 e. The Kier molecular flexibility index (Phi) is 1.48. The molecular formula is C10H14O3. The zero-order valence-corrected chi connectivity index (χ0v) is 7.73. The lowest BCUT2D eigenvalue weighted by Crippen LogP contribution is -2.29. The van der Waals surface area contributed by atoms with Crippen molar-refractivity contribution >= 4 is 5.97 Å². The number of methoxy groups -OCH3 is 1. The summed E-state index contributed by atoms with van der Waals surface area (Å²) in [6, 6.07) is 0. The predicted octanol–water partition coefficient (Wildman–Crippen LogP) is 0.830. The van der Waals surface area contributed by atoms with Gasteiger partial charge in [-0.2, -0.15) is 0 Å². The zero-order chi connectivity index (χ0) is 9.00. The normalized spacial score (nSPS) is 51.5. The van der Waals surface area contributed by atoms with Crippen LogP contribution in [0.5, 0.6) is 0 Å². The Morgan fingerprint density at radius 3 is 3.15 bits per heavy atom. The Balaban J connectivity index is 1.86. The van der Waals surface area contributed by atoms with E-state index in [9.17, 15) is 4.79 Å². The molecule has 1 heterocycles. The van der Waals surface area contributed by atoms with Gasteiger partial charge < -0.3 is 9.47 Å². The molecule has 3 heteroatoms. The Hall–Kier alpha value is -0.570. The zero-order valence-electron chi connectivity index (χ0n) is 7.73. The number of carbonyl (C=O) groups is 1. The van der Waals surface area contributed by atoms with Crippen molar-refractivity contribution in [3.8, 4) is 0 Å². The van der Waals surface area contributed by atoms with Gasteiger partial charge in [-0.25, -0.2) is 0 Å². The van der Waals surface area contributed by atoms with Crippen LogP contribution in [-0.2, 0) is 14.3 Å². The van der Waals surface area contributed by atoms with Crippen LogP contribution in [0.1, 0.15) is 12.8 Å². The first-order chi connectivity index (χ1) is 6.31. The number of hydrogen-bond acceptors (Lipinski definition) is 3. The molecule has 0 aromatic rings. The van der Waals surface area contributed by atoms with Gasteiger partial charge in [0.05, 0.1) is 12.5 Å². The summed E-state index contributed by atoms with van der Waals surface area (Å²) in [5.74, 6) is 1.99. The Morgan fingerprint density at radius 1 is 1.54 bits per heavy atom. The van der Waals surface area contributed by atoms with Crippen molar-refractivity contribution in [3.05, 3.63) is 0 Å². The third kappa shape index (κ3) is 0.857. The van der Waals surface area contributed by atoms with Gasteiger partial charge in [-0.3, -0.25) is 4.79 Å². The fourth-order valence-corrected chi connectivity index (χ4v) is 3.50. The molecule has 2 bridgehead atoms. The number of esters is 1. The molecule has 0 spiro atoms. The van der Waals surface area contributed by atoms with Crippen LogP contribution in [0.2, 0.25) is 0 Å². The number of ether oxygens (including phenoxy) is 2. The standard InChI is InChI=1S/C10H14O3/c1-12-4-8-5-2-6-7(3-5)10(11)13-9(6)8/h5-9H,2-4H2,1H3. The maximum Gasteiger partial charge on any atom is 0.309 e. The average molecular weight is 182 g/mol. The molecule has 13 heavy (non-hydrogen) atoms. The van der Waals surface area contributed by atoms with Crippen LogP contribution in [0.25, 0.3) is 0 Å². The van der Waals surface area contributed by atoms with E-state index < -0.39 is 0 Å². The van der Waals surface area contributed by atoms with E-state index in [0.29, 0.717) is 17.8 Å². The lowest BCUT2D eigenvalue weighted by molar-refractivity contribution is -0.144. The molecule has 72 valence electrons. The first-order valence-corrected chi connectivity index (χ1v) is 5.00. The minimum atomic E-state index is 0.0519. The van der Waals surface area contributed by atoms with E-state index in [1.807, 2.05) is 0 Å². The summed E-state index contributed by atoms with van der Waals surface area (Å²) in [6.45, 7) is 0.756. The van der Waals surface area contributed by atoms with Crippen molar-refractivity contribution in [3.63, 3.8) is 0 Å². The summed E-state index contributed by atoms with van der Waals surface area (Å²) >= 11 is 0. The largest absolute Gasteiger partial charge is 0.461 e. The molecule has 5 unspecified atom stereocenters. The summed E-state index contributed by atoms with van der Waals surface area (Å²) < 4.78 is 10.6. The average Bonchev–Trinajstić information content (AvgIpc) is 2.69. The molecule has 5 atom stereocenters. The molecule has 0 N–H and O–H groups in total. The first-order valence-electron chi connectivity index (χ1n) is 5.00. The topological polar surface area (TPSA) is 35.5 Å². The monoisotopic (exact) mass is 182 g/mol. The fraction of sp³-hybridized carbons (Fsp3) is 0.900. The SMILES string of the molecule is COCC1C2CC3C(=O)OC1C3C2. The fourth-order valence-electron chi connectivity index (χ4n) is 3.50. The second-order valence-electron chi connectivity index (χ2n) is 4.52. The van der Waals surface area contributed by atoms with E-state index in [1.54, 1.807) is 7.11 Å². The predicted molar refractivity (Wildman–Crippen MR) is 45.0 cm³/mol. The third-order valence-electron chi connectivity index (χ3n) is 4.01. The van der Waals surface area contributed by atoms with Crippen LogP contribution >= 0.6 is 0 Å². The molecule has 3 rings (SSSR count). The molecule has 0 radical (unpaired) electrons. The molecule has 0 aromatic carbocycles. The second kappa shape index (κ2) is 2.47. The highest BCUT2D eigenvalue weighted by atomic mass is 16.6. The highest BCUT2D eigenvalue weighted by Crippen LogP contribution is 2.57. The van der Waals surface area contributed by atoms with Gasteiger partial charge in [0.25, 0.3) is 0 Å². The van der Waals surface area contributed by atoms with Gasteiger partial charge in [0.15, 0.2) is 0 Å². The molecule has 1 saturated heterocycles. The highest BCUT2D eigenvalue weighted by Gasteiger charge is 2.61. The smallest absolute Gasteiger partial charge is 0.309 e. The maximum absolute atomic E-state index is 11.4.